The molecule has 1 rings (SSSR count). The van der Waals surface area contributed by atoms with E-state index in [4.69, 9.17) is 9.57 Å². The molecule has 0 spiro atoms. The van der Waals surface area contributed by atoms with Gasteiger partial charge in [-0.05, 0) is 31.2 Å². The van der Waals surface area contributed by atoms with Crippen molar-refractivity contribution >= 4 is 5.97 Å². The van der Waals surface area contributed by atoms with E-state index in [1.165, 1.54) is 0 Å². The molecule has 0 aliphatic heterocycles. The van der Waals surface area contributed by atoms with E-state index in [0.29, 0.717) is 17.9 Å². The Kier molecular flexibility index (Phi) is 3.94. The van der Waals surface area contributed by atoms with Crippen LogP contribution in [0.5, 0.6) is 5.75 Å². The van der Waals surface area contributed by atoms with Crippen LogP contribution in [0.15, 0.2) is 24.3 Å². The van der Waals surface area contributed by atoms with Crippen LogP contribution < -0.4 is 10.2 Å². The first-order chi connectivity index (χ1) is 6.77. The van der Waals surface area contributed by atoms with Crippen LogP contribution in [0.3, 0.4) is 0 Å². The molecule has 0 fully saturated rings. The van der Waals surface area contributed by atoms with Gasteiger partial charge in [0.2, 0.25) is 0 Å². The predicted octanol–water partition coefficient (Wildman–Crippen LogP) is 1.38. The molecule has 0 unspecified atom stereocenters. The van der Waals surface area contributed by atoms with E-state index in [0.717, 1.165) is 0 Å². The highest BCUT2D eigenvalue weighted by Gasteiger charge is 2.05. The Morgan fingerprint density at radius 3 is 2.50 bits per heavy atom. The molecule has 0 bridgehead atoms. The summed E-state index contributed by atoms with van der Waals surface area (Å²) in [7, 11) is 1.58. The van der Waals surface area contributed by atoms with Gasteiger partial charge in [-0.15, -0.1) is 0 Å². The zero-order chi connectivity index (χ0) is 10.4. The van der Waals surface area contributed by atoms with Crippen molar-refractivity contribution < 1.29 is 14.4 Å². The summed E-state index contributed by atoms with van der Waals surface area (Å²) >= 11 is 0. The van der Waals surface area contributed by atoms with E-state index in [1.54, 1.807) is 31.4 Å². The number of hydrogen-bond donors (Lipinski definition) is 1. The van der Waals surface area contributed by atoms with Gasteiger partial charge in [-0.3, -0.25) is 0 Å². The van der Waals surface area contributed by atoms with Gasteiger partial charge >= 0.3 is 5.97 Å². The molecule has 76 valence electrons. The summed E-state index contributed by atoms with van der Waals surface area (Å²) in [5.41, 5.74) is 2.99. The van der Waals surface area contributed by atoms with Crippen LogP contribution in [0.2, 0.25) is 0 Å². The molecule has 4 heteroatoms. The minimum absolute atomic E-state index is 0.394. The molecule has 0 saturated carbocycles. The highest BCUT2D eigenvalue weighted by molar-refractivity contribution is 5.89. The topological polar surface area (TPSA) is 47.6 Å². The molecule has 1 aromatic rings. The molecule has 0 atom stereocenters. The van der Waals surface area contributed by atoms with Gasteiger partial charge < -0.3 is 9.57 Å². The fraction of sp³-hybridized carbons (Fsp3) is 0.300. The Morgan fingerprint density at radius 1 is 1.36 bits per heavy atom. The van der Waals surface area contributed by atoms with Crippen molar-refractivity contribution in [2.24, 2.45) is 0 Å². The van der Waals surface area contributed by atoms with E-state index in [2.05, 4.69) is 5.48 Å². The van der Waals surface area contributed by atoms with Crippen LogP contribution in [0, 0.1) is 0 Å². The maximum atomic E-state index is 11.3. The Hall–Kier alpha value is -1.55. The zero-order valence-electron chi connectivity index (χ0n) is 8.24. The fourth-order valence-electron chi connectivity index (χ4n) is 0.924. The maximum absolute atomic E-state index is 11.3. The average molecular weight is 195 g/mol. The summed E-state index contributed by atoms with van der Waals surface area (Å²) < 4.78 is 4.96. The van der Waals surface area contributed by atoms with Crippen molar-refractivity contribution in [2.75, 3.05) is 13.7 Å². The first-order valence-corrected chi connectivity index (χ1v) is 4.36. The molecule has 0 aliphatic carbocycles. The van der Waals surface area contributed by atoms with Crippen molar-refractivity contribution in [3.8, 4) is 5.75 Å². The first kappa shape index (κ1) is 10.5. The van der Waals surface area contributed by atoms with Crippen LogP contribution in [0.1, 0.15) is 17.3 Å². The van der Waals surface area contributed by atoms with Crippen LogP contribution >= 0.6 is 0 Å². The van der Waals surface area contributed by atoms with Gasteiger partial charge in [0.1, 0.15) is 5.75 Å². The summed E-state index contributed by atoms with van der Waals surface area (Å²) in [6.45, 7) is 2.43. The molecular weight excluding hydrogens is 182 g/mol. The lowest BCUT2D eigenvalue weighted by Gasteiger charge is -2.03. The standard InChI is InChI=1S/C10H13NO3/c1-3-11-14-10(12)8-4-6-9(13-2)7-5-8/h4-7,11H,3H2,1-2H3. The summed E-state index contributed by atoms with van der Waals surface area (Å²) in [5, 5.41) is 0. The third kappa shape index (κ3) is 2.74. The van der Waals surface area contributed by atoms with E-state index in [1.807, 2.05) is 6.92 Å². The van der Waals surface area contributed by atoms with Gasteiger partial charge in [0.15, 0.2) is 0 Å². The third-order valence-electron chi connectivity index (χ3n) is 1.63. The third-order valence-corrected chi connectivity index (χ3v) is 1.63. The van der Waals surface area contributed by atoms with E-state index in [9.17, 15) is 4.79 Å². The molecule has 0 aromatic heterocycles. The number of hydrogen-bond acceptors (Lipinski definition) is 4. The van der Waals surface area contributed by atoms with Crippen molar-refractivity contribution in [1.29, 1.82) is 0 Å². The average Bonchev–Trinajstić information content (AvgIpc) is 2.26. The van der Waals surface area contributed by atoms with Gasteiger partial charge in [0, 0.05) is 6.54 Å². The van der Waals surface area contributed by atoms with Crippen molar-refractivity contribution in [2.45, 2.75) is 6.92 Å². The number of nitrogens with one attached hydrogen (secondary N) is 1. The number of methoxy groups -OCH3 is 1. The Labute approximate surface area is 82.8 Å². The van der Waals surface area contributed by atoms with Gasteiger partial charge in [0.05, 0.1) is 12.7 Å². The van der Waals surface area contributed by atoms with E-state index < -0.39 is 5.97 Å². The summed E-state index contributed by atoms with van der Waals surface area (Å²) in [6, 6.07) is 6.72. The number of ether oxygens (including phenoxy) is 1. The largest absolute Gasteiger partial charge is 0.497 e. The first-order valence-electron chi connectivity index (χ1n) is 4.36. The lowest BCUT2D eigenvalue weighted by molar-refractivity contribution is 0.0266. The quantitative estimate of drug-likeness (QED) is 0.737. The SMILES string of the molecule is CCNOC(=O)c1ccc(OC)cc1. The maximum Gasteiger partial charge on any atom is 0.356 e. The molecule has 1 aromatic carbocycles. The molecule has 4 nitrogen and oxygen atoms in total. The minimum atomic E-state index is -0.394. The molecule has 0 saturated heterocycles. The van der Waals surface area contributed by atoms with Gasteiger partial charge in [-0.25, -0.2) is 4.79 Å². The summed E-state index contributed by atoms with van der Waals surface area (Å²) in [4.78, 5) is 16.0. The number of benzene rings is 1. The highest BCUT2D eigenvalue weighted by atomic mass is 16.7. The van der Waals surface area contributed by atoms with Gasteiger partial charge in [-0.2, -0.15) is 5.48 Å². The molecule has 1 N–H and O–H groups in total. The van der Waals surface area contributed by atoms with Crippen molar-refractivity contribution in [3.05, 3.63) is 29.8 Å². The Morgan fingerprint density at radius 2 is 2.00 bits per heavy atom. The van der Waals surface area contributed by atoms with E-state index >= 15 is 0 Å². The van der Waals surface area contributed by atoms with Gasteiger partial charge in [-0.1, -0.05) is 0 Å². The number of hydroxylamine groups is 1. The van der Waals surface area contributed by atoms with Crippen LogP contribution in [-0.4, -0.2) is 19.6 Å². The second kappa shape index (κ2) is 5.24. The Balaban J connectivity index is 2.62. The molecule has 14 heavy (non-hydrogen) atoms. The number of carbonyl (C=O) groups excluding carboxylic acids is 1. The smallest absolute Gasteiger partial charge is 0.356 e. The van der Waals surface area contributed by atoms with Crippen molar-refractivity contribution in [3.63, 3.8) is 0 Å². The summed E-state index contributed by atoms with van der Waals surface area (Å²) in [6.07, 6.45) is 0. The van der Waals surface area contributed by atoms with Crippen LogP contribution in [0.4, 0.5) is 0 Å². The monoisotopic (exact) mass is 195 g/mol. The Bertz CT molecular complexity index is 295. The molecule has 0 amide bonds. The normalized spacial score (nSPS) is 9.57. The fourth-order valence-corrected chi connectivity index (χ4v) is 0.924. The second-order valence-electron chi connectivity index (χ2n) is 2.62. The van der Waals surface area contributed by atoms with Crippen LogP contribution in [0.25, 0.3) is 0 Å². The summed E-state index contributed by atoms with van der Waals surface area (Å²) in [5.74, 6) is 0.319. The minimum Gasteiger partial charge on any atom is -0.497 e. The zero-order valence-corrected chi connectivity index (χ0v) is 8.24. The lowest BCUT2D eigenvalue weighted by Crippen LogP contribution is -2.19. The number of rotatable bonds is 4. The number of carbonyl (C=O) groups is 1. The lowest BCUT2D eigenvalue weighted by atomic mass is 10.2. The van der Waals surface area contributed by atoms with Gasteiger partial charge in [0.25, 0.3) is 0 Å². The highest BCUT2D eigenvalue weighted by Crippen LogP contribution is 2.11. The molecule has 0 radical (unpaired) electrons. The molecule has 0 aliphatic rings. The van der Waals surface area contributed by atoms with Crippen LogP contribution in [-0.2, 0) is 4.84 Å². The van der Waals surface area contributed by atoms with Crippen molar-refractivity contribution in [1.82, 2.24) is 5.48 Å². The second-order valence-corrected chi connectivity index (χ2v) is 2.62. The van der Waals surface area contributed by atoms with E-state index in [-0.39, 0.29) is 0 Å². The molecule has 0 heterocycles. The predicted molar refractivity (Wildman–Crippen MR) is 52.1 cm³/mol. The molecular formula is C10H13NO3.